The van der Waals surface area contributed by atoms with Crippen LogP contribution >= 0.6 is 11.6 Å². The van der Waals surface area contributed by atoms with Crippen LogP contribution in [0.4, 0.5) is 10.1 Å². The second-order valence-electron chi connectivity index (χ2n) is 4.35. The quantitative estimate of drug-likeness (QED) is 0.846. The summed E-state index contributed by atoms with van der Waals surface area (Å²) < 4.78 is 13.3. The SMILES string of the molecule is CCC(Nc1cc(F)cc(Cl)c1)c1ccc(O)cc1. The van der Waals surface area contributed by atoms with Crippen molar-refractivity contribution in [3.63, 3.8) is 0 Å². The smallest absolute Gasteiger partial charge is 0.126 e. The van der Waals surface area contributed by atoms with E-state index in [1.807, 2.05) is 19.1 Å². The lowest BCUT2D eigenvalue weighted by atomic mass is 10.0. The summed E-state index contributed by atoms with van der Waals surface area (Å²) in [4.78, 5) is 0. The molecule has 1 atom stereocenters. The van der Waals surface area contributed by atoms with Crippen molar-refractivity contribution in [3.05, 3.63) is 58.9 Å². The van der Waals surface area contributed by atoms with Gasteiger partial charge >= 0.3 is 0 Å². The van der Waals surface area contributed by atoms with Gasteiger partial charge in [-0.2, -0.15) is 0 Å². The van der Waals surface area contributed by atoms with E-state index in [0.29, 0.717) is 10.7 Å². The van der Waals surface area contributed by atoms with E-state index in [9.17, 15) is 9.50 Å². The third-order valence-corrected chi connectivity index (χ3v) is 3.13. The highest BCUT2D eigenvalue weighted by molar-refractivity contribution is 6.30. The predicted octanol–water partition coefficient (Wildman–Crippen LogP) is 4.75. The molecule has 0 bridgehead atoms. The largest absolute Gasteiger partial charge is 0.508 e. The first-order chi connectivity index (χ1) is 9.08. The number of benzene rings is 2. The molecule has 0 saturated carbocycles. The summed E-state index contributed by atoms with van der Waals surface area (Å²) in [5, 5.41) is 12.9. The van der Waals surface area contributed by atoms with Gasteiger partial charge in [-0.3, -0.25) is 0 Å². The Hall–Kier alpha value is -1.74. The van der Waals surface area contributed by atoms with Crippen molar-refractivity contribution in [1.29, 1.82) is 0 Å². The van der Waals surface area contributed by atoms with Gasteiger partial charge in [0.15, 0.2) is 0 Å². The van der Waals surface area contributed by atoms with Crippen LogP contribution in [0.3, 0.4) is 0 Å². The highest BCUT2D eigenvalue weighted by atomic mass is 35.5. The Morgan fingerprint density at radius 1 is 1.21 bits per heavy atom. The second-order valence-corrected chi connectivity index (χ2v) is 4.79. The fourth-order valence-electron chi connectivity index (χ4n) is 1.97. The van der Waals surface area contributed by atoms with Gasteiger partial charge in [0.1, 0.15) is 11.6 Å². The topological polar surface area (TPSA) is 32.3 Å². The fourth-order valence-corrected chi connectivity index (χ4v) is 2.19. The van der Waals surface area contributed by atoms with E-state index in [1.165, 1.54) is 12.1 Å². The minimum absolute atomic E-state index is 0.0402. The highest BCUT2D eigenvalue weighted by Crippen LogP contribution is 2.26. The molecule has 2 N–H and O–H groups in total. The molecular formula is C15H15ClFNO. The van der Waals surface area contributed by atoms with E-state index < -0.39 is 0 Å². The molecule has 0 saturated heterocycles. The molecule has 0 aliphatic heterocycles. The Morgan fingerprint density at radius 3 is 2.47 bits per heavy atom. The molecule has 0 radical (unpaired) electrons. The maximum Gasteiger partial charge on any atom is 0.126 e. The van der Waals surface area contributed by atoms with Crippen LogP contribution in [-0.2, 0) is 0 Å². The van der Waals surface area contributed by atoms with E-state index in [2.05, 4.69) is 5.32 Å². The Morgan fingerprint density at radius 2 is 1.89 bits per heavy atom. The molecule has 1 unspecified atom stereocenters. The normalized spacial score (nSPS) is 12.2. The van der Waals surface area contributed by atoms with Crippen LogP contribution in [0.5, 0.6) is 5.75 Å². The van der Waals surface area contributed by atoms with Crippen LogP contribution < -0.4 is 5.32 Å². The van der Waals surface area contributed by atoms with Crippen LogP contribution in [-0.4, -0.2) is 5.11 Å². The number of hydrogen-bond donors (Lipinski definition) is 2. The van der Waals surface area contributed by atoms with Crippen LogP contribution in [0.25, 0.3) is 0 Å². The number of phenolic OH excluding ortho intramolecular Hbond substituents is 1. The lowest BCUT2D eigenvalue weighted by Gasteiger charge is -2.19. The van der Waals surface area contributed by atoms with Crippen LogP contribution in [0.2, 0.25) is 5.02 Å². The monoisotopic (exact) mass is 279 g/mol. The van der Waals surface area contributed by atoms with Crippen molar-refractivity contribution in [2.75, 3.05) is 5.32 Å². The van der Waals surface area contributed by atoms with E-state index in [1.54, 1.807) is 18.2 Å². The van der Waals surface area contributed by atoms with Crippen molar-refractivity contribution in [1.82, 2.24) is 0 Å². The Balaban J connectivity index is 2.21. The maximum atomic E-state index is 13.3. The average molecular weight is 280 g/mol. The van der Waals surface area contributed by atoms with E-state index in [0.717, 1.165) is 12.0 Å². The summed E-state index contributed by atoms with van der Waals surface area (Å²) in [5.74, 6) is -0.136. The Labute approximate surface area is 116 Å². The number of hydrogen-bond acceptors (Lipinski definition) is 2. The average Bonchev–Trinajstić information content (AvgIpc) is 2.36. The van der Waals surface area contributed by atoms with Crippen molar-refractivity contribution < 1.29 is 9.50 Å². The lowest BCUT2D eigenvalue weighted by Crippen LogP contribution is -2.09. The number of nitrogens with one attached hydrogen (secondary N) is 1. The third kappa shape index (κ3) is 3.61. The summed E-state index contributed by atoms with van der Waals surface area (Å²) in [6, 6.07) is 11.4. The first kappa shape index (κ1) is 13.7. The zero-order valence-electron chi connectivity index (χ0n) is 10.5. The maximum absolute atomic E-state index is 13.3. The van der Waals surface area contributed by atoms with Crippen LogP contribution in [0.1, 0.15) is 24.9 Å². The summed E-state index contributed by atoms with van der Waals surface area (Å²) in [6.45, 7) is 2.03. The number of phenols is 1. The van der Waals surface area contributed by atoms with Gasteiger partial charge in [-0.15, -0.1) is 0 Å². The van der Waals surface area contributed by atoms with Crippen molar-refractivity contribution in [2.24, 2.45) is 0 Å². The molecule has 2 nitrogen and oxygen atoms in total. The first-order valence-corrected chi connectivity index (χ1v) is 6.48. The molecule has 0 heterocycles. The summed E-state index contributed by atoms with van der Waals surface area (Å²) >= 11 is 5.83. The van der Waals surface area contributed by atoms with Crippen molar-refractivity contribution in [3.8, 4) is 5.75 Å². The van der Waals surface area contributed by atoms with E-state index >= 15 is 0 Å². The summed E-state index contributed by atoms with van der Waals surface area (Å²) in [6.07, 6.45) is 0.832. The molecule has 19 heavy (non-hydrogen) atoms. The summed E-state index contributed by atoms with van der Waals surface area (Å²) in [5.41, 5.74) is 1.67. The van der Waals surface area contributed by atoms with Gasteiger partial charge in [0.05, 0.1) is 6.04 Å². The predicted molar refractivity (Wildman–Crippen MR) is 76.2 cm³/mol. The van der Waals surface area contributed by atoms with Crippen LogP contribution in [0.15, 0.2) is 42.5 Å². The molecule has 4 heteroatoms. The van der Waals surface area contributed by atoms with Gasteiger partial charge in [-0.1, -0.05) is 30.7 Å². The van der Waals surface area contributed by atoms with E-state index in [-0.39, 0.29) is 17.6 Å². The molecule has 0 amide bonds. The van der Waals surface area contributed by atoms with Gasteiger partial charge in [-0.25, -0.2) is 4.39 Å². The van der Waals surface area contributed by atoms with Crippen molar-refractivity contribution >= 4 is 17.3 Å². The minimum atomic E-state index is -0.365. The molecule has 0 aliphatic rings. The van der Waals surface area contributed by atoms with E-state index in [4.69, 9.17) is 11.6 Å². The lowest BCUT2D eigenvalue weighted by molar-refractivity contribution is 0.475. The van der Waals surface area contributed by atoms with Gasteiger partial charge in [-0.05, 0) is 42.3 Å². The van der Waals surface area contributed by atoms with Gasteiger partial charge in [0.2, 0.25) is 0 Å². The van der Waals surface area contributed by atoms with Crippen LogP contribution in [0, 0.1) is 5.82 Å². The molecule has 2 rings (SSSR count). The molecule has 0 aromatic heterocycles. The van der Waals surface area contributed by atoms with Gasteiger partial charge in [0, 0.05) is 10.7 Å². The molecule has 0 aliphatic carbocycles. The number of anilines is 1. The first-order valence-electron chi connectivity index (χ1n) is 6.10. The van der Waals surface area contributed by atoms with Crippen molar-refractivity contribution in [2.45, 2.75) is 19.4 Å². The number of rotatable bonds is 4. The highest BCUT2D eigenvalue weighted by Gasteiger charge is 2.10. The molecule has 2 aromatic carbocycles. The minimum Gasteiger partial charge on any atom is -0.508 e. The van der Waals surface area contributed by atoms with Gasteiger partial charge in [0.25, 0.3) is 0 Å². The third-order valence-electron chi connectivity index (χ3n) is 2.91. The fraction of sp³-hybridized carbons (Fsp3) is 0.200. The van der Waals surface area contributed by atoms with Gasteiger partial charge < -0.3 is 10.4 Å². The summed E-state index contributed by atoms with van der Waals surface area (Å²) in [7, 11) is 0. The Bertz CT molecular complexity index is 536. The zero-order chi connectivity index (χ0) is 13.8. The molecule has 100 valence electrons. The zero-order valence-corrected chi connectivity index (χ0v) is 11.3. The molecule has 2 aromatic rings. The number of halogens is 2. The molecule has 0 fully saturated rings. The molecular weight excluding hydrogens is 265 g/mol. The number of aromatic hydroxyl groups is 1. The Kier molecular flexibility index (Phi) is 4.27. The standard InChI is InChI=1S/C15H15ClFNO/c1-2-15(10-3-5-14(19)6-4-10)18-13-8-11(16)7-12(17)9-13/h3-9,15,18-19H,2H2,1H3. The molecule has 0 spiro atoms. The second kappa shape index (κ2) is 5.93.